The van der Waals surface area contributed by atoms with E-state index < -0.39 is 0 Å². The summed E-state index contributed by atoms with van der Waals surface area (Å²) in [7, 11) is 0. The Bertz CT molecular complexity index is 918. The van der Waals surface area contributed by atoms with Crippen molar-refractivity contribution in [3.05, 3.63) is 76.4 Å². The fourth-order valence-corrected chi connectivity index (χ4v) is 3.38. The number of anilines is 1. The van der Waals surface area contributed by atoms with Crippen LogP contribution in [0.4, 0.5) is 5.82 Å². The first-order valence-electron chi connectivity index (χ1n) is 7.83. The van der Waals surface area contributed by atoms with Gasteiger partial charge in [0.15, 0.2) is 0 Å². The molecule has 120 valence electrons. The molecule has 2 aromatic carbocycles. The van der Waals surface area contributed by atoms with Crippen LogP contribution < -0.4 is 5.32 Å². The van der Waals surface area contributed by atoms with Crippen LogP contribution in [0.5, 0.6) is 0 Å². The van der Waals surface area contributed by atoms with E-state index >= 15 is 0 Å². The average Bonchev–Trinajstić information content (AvgIpc) is 3.01. The predicted molar refractivity (Wildman–Crippen MR) is 94.8 cm³/mol. The van der Waals surface area contributed by atoms with Crippen LogP contribution in [-0.4, -0.2) is 15.7 Å². The van der Waals surface area contributed by atoms with Gasteiger partial charge in [0.1, 0.15) is 5.82 Å². The number of nitrogens with zero attached hydrogens (tertiary/aromatic N) is 2. The van der Waals surface area contributed by atoms with Gasteiger partial charge in [0, 0.05) is 22.9 Å². The van der Waals surface area contributed by atoms with Crippen molar-refractivity contribution in [1.82, 2.24) is 9.78 Å². The molecule has 0 radical (unpaired) electrons. The highest BCUT2D eigenvalue weighted by Gasteiger charge is 2.30. The molecule has 4 rings (SSSR count). The summed E-state index contributed by atoms with van der Waals surface area (Å²) in [5, 5.41) is 8.17. The minimum absolute atomic E-state index is 0.00205. The minimum Gasteiger partial charge on any atom is -0.310 e. The van der Waals surface area contributed by atoms with Crippen LogP contribution in [0, 0.1) is 6.92 Å². The van der Waals surface area contributed by atoms with Crippen LogP contribution in [0.15, 0.2) is 54.7 Å². The second-order valence-corrected chi connectivity index (χ2v) is 6.37. The van der Waals surface area contributed by atoms with Gasteiger partial charge in [-0.3, -0.25) is 4.79 Å². The minimum atomic E-state index is -0.00205. The van der Waals surface area contributed by atoms with Crippen LogP contribution >= 0.6 is 11.6 Å². The zero-order valence-corrected chi connectivity index (χ0v) is 13.9. The molecule has 4 nitrogen and oxygen atoms in total. The van der Waals surface area contributed by atoms with Gasteiger partial charge in [-0.05, 0) is 30.2 Å². The number of benzene rings is 2. The van der Waals surface area contributed by atoms with E-state index in [1.165, 1.54) is 0 Å². The summed E-state index contributed by atoms with van der Waals surface area (Å²) in [6.07, 6.45) is 2.27. The molecule has 1 aliphatic rings. The number of hydrogen-bond acceptors (Lipinski definition) is 2. The second kappa shape index (κ2) is 5.80. The van der Waals surface area contributed by atoms with Crippen molar-refractivity contribution >= 4 is 23.3 Å². The average molecular weight is 338 g/mol. The number of amides is 1. The summed E-state index contributed by atoms with van der Waals surface area (Å²) < 4.78 is 1.77. The Balaban J connectivity index is 1.86. The van der Waals surface area contributed by atoms with Gasteiger partial charge in [-0.2, -0.15) is 5.10 Å². The predicted octanol–water partition coefficient (Wildman–Crippen LogP) is 4.31. The lowest BCUT2D eigenvalue weighted by Gasteiger charge is -2.24. The van der Waals surface area contributed by atoms with E-state index in [0.29, 0.717) is 11.4 Å². The summed E-state index contributed by atoms with van der Waals surface area (Å²) in [6, 6.07) is 15.8. The number of carbonyl (C=O) groups is 1. The van der Waals surface area contributed by atoms with Gasteiger partial charge in [-0.15, -0.1) is 0 Å². The first-order valence-corrected chi connectivity index (χ1v) is 8.21. The number of fused-ring (bicyclic) bond motifs is 1. The molecule has 1 atom stereocenters. The third-order valence-electron chi connectivity index (χ3n) is 4.49. The number of hydrogen-bond donors (Lipinski definition) is 1. The molecule has 0 unspecified atom stereocenters. The van der Waals surface area contributed by atoms with E-state index in [2.05, 4.69) is 22.5 Å². The van der Waals surface area contributed by atoms with Gasteiger partial charge in [-0.25, -0.2) is 4.68 Å². The van der Waals surface area contributed by atoms with Crippen LogP contribution in [0.1, 0.15) is 29.0 Å². The number of carbonyl (C=O) groups excluding carboxylic acids is 1. The second-order valence-electron chi connectivity index (χ2n) is 5.96. The first-order chi connectivity index (χ1) is 11.6. The normalized spacial score (nSPS) is 16.6. The zero-order valence-electron chi connectivity index (χ0n) is 13.2. The molecule has 3 aromatic rings. The van der Waals surface area contributed by atoms with Crippen molar-refractivity contribution in [3.63, 3.8) is 0 Å². The molecule has 1 amide bonds. The lowest BCUT2D eigenvalue weighted by Crippen LogP contribution is -2.24. The van der Waals surface area contributed by atoms with Crippen molar-refractivity contribution in [3.8, 4) is 5.69 Å². The molecule has 0 saturated carbocycles. The number of aromatic nitrogens is 2. The van der Waals surface area contributed by atoms with Crippen molar-refractivity contribution in [2.45, 2.75) is 19.3 Å². The smallest absolute Gasteiger partial charge is 0.226 e. The van der Waals surface area contributed by atoms with E-state index in [1.54, 1.807) is 4.68 Å². The number of nitrogens with one attached hydrogen (secondary N) is 1. The number of halogens is 1. The van der Waals surface area contributed by atoms with E-state index in [-0.39, 0.29) is 11.8 Å². The molecule has 1 N–H and O–H groups in total. The maximum atomic E-state index is 12.3. The lowest BCUT2D eigenvalue weighted by molar-refractivity contribution is -0.116. The Hall–Kier alpha value is -2.59. The van der Waals surface area contributed by atoms with Gasteiger partial charge >= 0.3 is 0 Å². The maximum absolute atomic E-state index is 12.3. The highest BCUT2D eigenvalue weighted by molar-refractivity contribution is 6.31. The van der Waals surface area contributed by atoms with E-state index in [1.807, 2.05) is 49.5 Å². The third kappa shape index (κ3) is 2.39. The standard InChI is InChI=1S/C19H16ClN3O/c1-12-16(20)8-5-9-17(12)23-19-15(11-21-23)14(10-18(24)22-19)13-6-3-2-4-7-13/h2-9,11,14H,10H2,1H3,(H,22,24)/t14-/m1/s1. The Morgan fingerprint density at radius 2 is 1.96 bits per heavy atom. The highest BCUT2D eigenvalue weighted by atomic mass is 35.5. The molecule has 0 spiro atoms. The highest BCUT2D eigenvalue weighted by Crippen LogP contribution is 2.38. The maximum Gasteiger partial charge on any atom is 0.226 e. The van der Waals surface area contributed by atoms with Crippen molar-refractivity contribution in [2.75, 3.05) is 5.32 Å². The molecule has 0 bridgehead atoms. The Morgan fingerprint density at radius 3 is 2.75 bits per heavy atom. The Morgan fingerprint density at radius 1 is 1.17 bits per heavy atom. The van der Waals surface area contributed by atoms with E-state index in [4.69, 9.17) is 11.6 Å². The fraction of sp³-hybridized carbons (Fsp3) is 0.158. The fourth-order valence-electron chi connectivity index (χ4n) is 3.21. The van der Waals surface area contributed by atoms with E-state index in [0.717, 1.165) is 28.2 Å². The monoisotopic (exact) mass is 337 g/mol. The van der Waals surface area contributed by atoms with Crippen LogP contribution in [0.25, 0.3) is 5.69 Å². The quantitative estimate of drug-likeness (QED) is 0.757. The molecular weight excluding hydrogens is 322 g/mol. The Labute approximate surface area is 145 Å². The van der Waals surface area contributed by atoms with Gasteiger partial charge in [0.05, 0.1) is 11.9 Å². The molecular formula is C19H16ClN3O. The summed E-state index contributed by atoms with van der Waals surface area (Å²) in [4.78, 5) is 12.3. The van der Waals surface area contributed by atoms with Gasteiger partial charge in [-0.1, -0.05) is 48.0 Å². The van der Waals surface area contributed by atoms with Crippen LogP contribution in [0.2, 0.25) is 5.02 Å². The first kappa shape index (κ1) is 15.0. The molecule has 0 aliphatic carbocycles. The largest absolute Gasteiger partial charge is 0.310 e. The molecule has 24 heavy (non-hydrogen) atoms. The Kier molecular flexibility index (Phi) is 3.62. The molecule has 0 saturated heterocycles. The number of rotatable bonds is 2. The molecule has 5 heteroatoms. The van der Waals surface area contributed by atoms with Gasteiger partial charge < -0.3 is 5.32 Å². The topological polar surface area (TPSA) is 46.9 Å². The zero-order chi connectivity index (χ0) is 16.7. The van der Waals surface area contributed by atoms with Gasteiger partial charge in [0.2, 0.25) is 5.91 Å². The molecule has 2 heterocycles. The van der Waals surface area contributed by atoms with Crippen LogP contribution in [-0.2, 0) is 4.79 Å². The molecule has 1 aliphatic heterocycles. The lowest BCUT2D eigenvalue weighted by atomic mass is 9.87. The summed E-state index contributed by atoms with van der Waals surface area (Å²) >= 11 is 6.24. The summed E-state index contributed by atoms with van der Waals surface area (Å²) in [6.45, 7) is 1.95. The molecule has 1 aromatic heterocycles. The van der Waals surface area contributed by atoms with Crippen molar-refractivity contribution in [1.29, 1.82) is 0 Å². The van der Waals surface area contributed by atoms with Gasteiger partial charge in [0.25, 0.3) is 0 Å². The third-order valence-corrected chi connectivity index (χ3v) is 4.90. The van der Waals surface area contributed by atoms with Crippen molar-refractivity contribution < 1.29 is 4.79 Å². The summed E-state index contributed by atoms with van der Waals surface area (Å²) in [5.74, 6) is 0.742. The van der Waals surface area contributed by atoms with Crippen molar-refractivity contribution in [2.24, 2.45) is 0 Å². The molecule has 0 fully saturated rings. The summed E-state index contributed by atoms with van der Waals surface area (Å²) in [5.41, 5.74) is 3.95. The SMILES string of the molecule is Cc1c(Cl)cccc1-n1ncc2c1NC(=O)C[C@@H]2c1ccccc1. The van der Waals surface area contributed by atoms with E-state index in [9.17, 15) is 4.79 Å². The van der Waals surface area contributed by atoms with Crippen LogP contribution in [0.3, 0.4) is 0 Å².